The van der Waals surface area contributed by atoms with Crippen molar-refractivity contribution >= 4 is 11.8 Å². The lowest BCUT2D eigenvalue weighted by molar-refractivity contribution is 0.0359. The number of alkyl halides is 1. The van der Waals surface area contributed by atoms with Crippen molar-refractivity contribution in [2.24, 2.45) is 0 Å². The van der Waals surface area contributed by atoms with Gasteiger partial charge in [0.1, 0.15) is 18.1 Å². The molecule has 11 heteroatoms. The first-order valence-electron chi connectivity index (χ1n) is 9.17. The van der Waals surface area contributed by atoms with Crippen LogP contribution in [-0.2, 0) is 11.3 Å². The maximum Gasteiger partial charge on any atom is 0.414 e. The van der Waals surface area contributed by atoms with Crippen molar-refractivity contribution in [2.75, 3.05) is 11.4 Å². The summed E-state index contributed by atoms with van der Waals surface area (Å²) < 4.78 is 64.5. The second kappa shape index (κ2) is 7.62. The molecule has 1 aromatic heterocycles. The number of rotatable bonds is 4. The Morgan fingerprint density at radius 2 is 2.03 bits per heavy atom. The number of carbonyl (C=O) groups is 1. The third-order valence-corrected chi connectivity index (χ3v) is 5.35. The van der Waals surface area contributed by atoms with E-state index in [0.717, 1.165) is 11.0 Å². The fraction of sp³-hybridized carbons (Fsp3) is 0.500. The van der Waals surface area contributed by atoms with Crippen LogP contribution >= 0.6 is 0 Å². The molecular weight excluding hydrogens is 396 g/mol. The quantitative estimate of drug-likeness (QED) is 0.615. The second-order valence-electron chi connectivity index (χ2n) is 7.25. The van der Waals surface area contributed by atoms with E-state index in [0.29, 0.717) is 0 Å². The summed E-state index contributed by atoms with van der Waals surface area (Å²) in [4.78, 5) is 12.9. The summed E-state index contributed by atoms with van der Waals surface area (Å²) in [6.45, 7) is 0.0191. The summed E-state index contributed by atoms with van der Waals surface area (Å²) in [5.41, 5.74) is -1.14. The first kappa shape index (κ1) is 19.6. The molecule has 29 heavy (non-hydrogen) atoms. The summed E-state index contributed by atoms with van der Waals surface area (Å²) in [6.07, 6.45) is -1.65. The number of aromatic nitrogens is 3. The van der Waals surface area contributed by atoms with Crippen LogP contribution in [0.5, 0.6) is 0 Å². The van der Waals surface area contributed by atoms with Crippen LogP contribution in [0, 0.1) is 17.5 Å². The maximum atomic E-state index is 14.7. The molecule has 1 saturated heterocycles. The van der Waals surface area contributed by atoms with E-state index >= 15 is 0 Å². The number of cyclic esters (lactones) is 1. The van der Waals surface area contributed by atoms with E-state index in [9.17, 15) is 27.5 Å². The maximum absolute atomic E-state index is 14.7. The van der Waals surface area contributed by atoms with Gasteiger partial charge in [-0.25, -0.2) is 27.0 Å². The first-order valence-corrected chi connectivity index (χ1v) is 9.17. The van der Waals surface area contributed by atoms with Crippen molar-refractivity contribution in [3.05, 3.63) is 41.5 Å². The summed E-state index contributed by atoms with van der Waals surface area (Å²) in [7, 11) is 0. The van der Waals surface area contributed by atoms with Crippen molar-refractivity contribution in [1.82, 2.24) is 15.0 Å². The van der Waals surface area contributed by atoms with Crippen LogP contribution in [0.2, 0.25) is 0 Å². The van der Waals surface area contributed by atoms with Gasteiger partial charge in [0.15, 0.2) is 11.6 Å². The number of nitrogens with zero attached hydrogens (tertiary/aromatic N) is 4. The number of hydrogen-bond donors (Lipinski definition) is 1. The molecule has 2 aromatic rings. The molecule has 0 spiro atoms. The van der Waals surface area contributed by atoms with Gasteiger partial charge in [-0.3, -0.25) is 4.90 Å². The third kappa shape index (κ3) is 3.66. The molecule has 4 atom stereocenters. The number of aliphatic hydroxyl groups is 1. The predicted molar refractivity (Wildman–Crippen MR) is 91.4 cm³/mol. The monoisotopic (exact) mass is 414 g/mol. The van der Waals surface area contributed by atoms with Gasteiger partial charge in [-0.2, -0.15) is 0 Å². The first-order chi connectivity index (χ1) is 13.8. The van der Waals surface area contributed by atoms with Crippen molar-refractivity contribution < 1.29 is 32.2 Å². The summed E-state index contributed by atoms with van der Waals surface area (Å²) >= 11 is 0. The Hall–Kier alpha value is -2.69. The molecule has 1 aromatic carbocycles. The number of halogens is 4. The van der Waals surface area contributed by atoms with E-state index in [1.165, 1.54) is 10.9 Å². The molecule has 7 nitrogen and oxygen atoms in total. The van der Waals surface area contributed by atoms with Crippen LogP contribution in [0.4, 0.5) is 28.0 Å². The molecule has 2 aliphatic rings. The average molecular weight is 414 g/mol. The Labute approximate surface area is 162 Å². The molecule has 3 unspecified atom stereocenters. The minimum Gasteiger partial charge on any atom is -0.442 e. The van der Waals surface area contributed by atoms with E-state index < -0.39 is 59.1 Å². The molecule has 0 bridgehead atoms. The highest BCUT2D eigenvalue weighted by Crippen LogP contribution is 2.40. The van der Waals surface area contributed by atoms with Gasteiger partial charge < -0.3 is 9.84 Å². The number of carbonyl (C=O) groups excluding carboxylic acids is 1. The van der Waals surface area contributed by atoms with Gasteiger partial charge in [0.2, 0.25) is 0 Å². The van der Waals surface area contributed by atoms with Crippen molar-refractivity contribution in [3.8, 4) is 0 Å². The number of anilines is 1. The van der Waals surface area contributed by atoms with Crippen molar-refractivity contribution in [3.63, 3.8) is 0 Å². The van der Waals surface area contributed by atoms with E-state index in [2.05, 4.69) is 10.3 Å². The van der Waals surface area contributed by atoms with Crippen molar-refractivity contribution in [1.29, 1.82) is 0 Å². The Kier molecular flexibility index (Phi) is 5.15. The molecule has 2 fully saturated rings. The lowest BCUT2D eigenvalue weighted by atomic mass is 9.81. The Morgan fingerprint density at radius 1 is 1.24 bits per heavy atom. The van der Waals surface area contributed by atoms with Crippen LogP contribution < -0.4 is 4.90 Å². The molecular formula is C18H18F4N4O3. The van der Waals surface area contributed by atoms with Gasteiger partial charge in [0, 0.05) is 17.8 Å². The van der Waals surface area contributed by atoms with Gasteiger partial charge in [0.25, 0.3) is 0 Å². The summed E-state index contributed by atoms with van der Waals surface area (Å²) in [5, 5.41) is 16.8. The highest BCUT2D eigenvalue weighted by Gasteiger charge is 2.38. The SMILES string of the molecule is O=C1O[C@@H](Cn2ccnn2)CN1c1cc(F)c(C2CCC(O)C(F)C2)c(F)c1F. The fourth-order valence-electron chi connectivity index (χ4n) is 3.88. The molecule has 1 N–H and O–H groups in total. The van der Waals surface area contributed by atoms with Gasteiger partial charge in [-0.1, -0.05) is 5.21 Å². The van der Waals surface area contributed by atoms with E-state index in [-0.39, 0.29) is 32.4 Å². The zero-order valence-electron chi connectivity index (χ0n) is 15.1. The van der Waals surface area contributed by atoms with E-state index in [4.69, 9.17) is 4.74 Å². The normalized spacial score (nSPS) is 27.3. The smallest absolute Gasteiger partial charge is 0.414 e. The lowest BCUT2D eigenvalue weighted by Crippen LogP contribution is -2.31. The Morgan fingerprint density at radius 3 is 2.72 bits per heavy atom. The predicted octanol–water partition coefficient (Wildman–Crippen LogP) is 2.69. The number of hydrogen-bond acceptors (Lipinski definition) is 5. The molecule has 1 aliphatic heterocycles. The van der Waals surface area contributed by atoms with Gasteiger partial charge in [-0.05, 0) is 25.2 Å². The Balaban J connectivity index is 1.58. The molecule has 1 amide bonds. The zero-order chi connectivity index (χ0) is 20.7. The molecule has 1 aliphatic carbocycles. The van der Waals surface area contributed by atoms with Crippen LogP contribution in [0.1, 0.15) is 30.7 Å². The minimum absolute atomic E-state index is 0.0243. The molecule has 2 heterocycles. The molecule has 4 rings (SSSR count). The van der Waals surface area contributed by atoms with E-state index in [1.807, 2.05) is 0 Å². The lowest BCUT2D eigenvalue weighted by Gasteiger charge is -2.29. The largest absolute Gasteiger partial charge is 0.442 e. The van der Waals surface area contributed by atoms with Gasteiger partial charge in [0.05, 0.1) is 31.1 Å². The Bertz CT molecular complexity index is 911. The minimum atomic E-state index is -1.64. The van der Waals surface area contributed by atoms with Crippen LogP contribution in [-0.4, -0.2) is 51.1 Å². The highest BCUT2D eigenvalue weighted by atomic mass is 19.2. The number of benzene rings is 1. The topological polar surface area (TPSA) is 80.5 Å². The molecule has 1 saturated carbocycles. The second-order valence-corrected chi connectivity index (χ2v) is 7.25. The number of amides is 1. The van der Waals surface area contributed by atoms with Crippen molar-refractivity contribution in [2.45, 2.75) is 50.1 Å². The number of aliphatic hydroxyl groups excluding tert-OH is 1. The van der Waals surface area contributed by atoms with Crippen LogP contribution in [0.3, 0.4) is 0 Å². The standard InChI is InChI=1S/C18H18F4N4O3/c19-11-5-9(1-2-14(11)27)15-12(20)6-13(16(21)17(15)22)26-8-10(29-18(26)28)7-25-4-3-23-24-25/h3-4,6,9-11,14,27H,1-2,5,7-8H2/t9?,10-,11?,14?/m0/s1. The summed E-state index contributed by atoms with van der Waals surface area (Å²) in [6, 6.07) is 0.727. The molecule has 156 valence electrons. The summed E-state index contributed by atoms with van der Waals surface area (Å²) in [5.74, 6) is -4.83. The number of ether oxygens (including phenoxy) is 1. The fourth-order valence-corrected chi connectivity index (χ4v) is 3.88. The van der Waals surface area contributed by atoms with E-state index in [1.54, 1.807) is 6.20 Å². The zero-order valence-corrected chi connectivity index (χ0v) is 15.1. The highest BCUT2D eigenvalue weighted by molar-refractivity contribution is 5.90. The molecule has 0 radical (unpaired) electrons. The van der Waals surface area contributed by atoms with Gasteiger partial charge in [-0.15, -0.1) is 5.10 Å². The third-order valence-electron chi connectivity index (χ3n) is 5.35. The van der Waals surface area contributed by atoms with Crippen LogP contribution in [0.25, 0.3) is 0 Å². The van der Waals surface area contributed by atoms with Gasteiger partial charge >= 0.3 is 6.09 Å². The average Bonchev–Trinajstić information content (AvgIpc) is 3.31. The van der Waals surface area contributed by atoms with Crippen LogP contribution in [0.15, 0.2) is 18.5 Å².